The Morgan fingerprint density at radius 3 is 2.33 bits per heavy atom. The maximum atomic E-state index is 14.2. The van der Waals surface area contributed by atoms with Crippen molar-refractivity contribution in [3.63, 3.8) is 0 Å². The van der Waals surface area contributed by atoms with Crippen molar-refractivity contribution in [1.82, 2.24) is 20.4 Å². The second-order valence-electron chi connectivity index (χ2n) is 7.79. The topological polar surface area (TPSA) is 64.7 Å². The van der Waals surface area contributed by atoms with Crippen LogP contribution in [0.5, 0.6) is 0 Å². The van der Waals surface area contributed by atoms with Gasteiger partial charge in [0, 0.05) is 30.7 Å². The molecule has 2 aliphatic rings. The second-order valence-corrected chi connectivity index (χ2v) is 7.79. The number of piperidine rings is 1. The number of hydrogen-bond donors (Lipinski definition) is 2. The van der Waals surface area contributed by atoms with Gasteiger partial charge in [-0.25, -0.2) is 4.39 Å². The molecule has 1 aromatic rings. The number of rotatable bonds is 7. The first-order valence-corrected chi connectivity index (χ1v) is 9.67. The first-order valence-electron chi connectivity index (χ1n) is 9.67. The summed E-state index contributed by atoms with van der Waals surface area (Å²) in [5.74, 6) is -0.468. The summed E-state index contributed by atoms with van der Waals surface area (Å²) in [6, 6.07) is 6.18. The standard InChI is InChI=1S/C20H29FN4O2/c1-24(2)19(16-5-3-4-6-17(16)21)20(27)23-15-9-11-25(12-10-15)13-18(26)22-14-7-8-14/h3-6,14-15,19H,7-13H2,1-2H3,(H,22,26)(H,23,27). The van der Waals surface area contributed by atoms with E-state index in [1.54, 1.807) is 37.2 Å². The van der Waals surface area contributed by atoms with Crippen molar-refractivity contribution in [3.8, 4) is 0 Å². The highest BCUT2D eigenvalue weighted by atomic mass is 19.1. The van der Waals surface area contributed by atoms with Crippen molar-refractivity contribution in [2.24, 2.45) is 0 Å². The lowest BCUT2D eigenvalue weighted by Crippen LogP contribution is -2.49. The van der Waals surface area contributed by atoms with Crippen LogP contribution in [-0.2, 0) is 9.59 Å². The van der Waals surface area contributed by atoms with Crippen molar-refractivity contribution in [2.45, 2.75) is 43.8 Å². The third-order valence-corrected chi connectivity index (χ3v) is 5.21. The number of benzene rings is 1. The fraction of sp³-hybridized carbons (Fsp3) is 0.600. The number of carbonyl (C=O) groups excluding carboxylic acids is 2. The van der Waals surface area contributed by atoms with Crippen molar-refractivity contribution in [2.75, 3.05) is 33.7 Å². The molecule has 1 atom stereocenters. The molecule has 0 radical (unpaired) electrons. The predicted octanol–water partition coefficient (Wildman–Crippen LogP) is 1.29. The summed E-state index contributed by atoms with van der Waals surface area (Å²) in [5, 5.41) is 6.07. The summed E-state index contributed by atoms with van der Waals surface area (Å²) in [6.45, 7) is 1.97. The van der Waals surface area contributed by atoms with Gasteiger partial charge in [-0.1, -0.05) is 18.2 Å². The second kappa shape index (κ2) is 8.80. The third kappa shape index (κ3) is 5.49. The van der Waals surface area contributed by atoms with Crippen LogP contribution in [-0.4, -0.2) is 67.4 Å². The Labute approximate surface area is 160 Å². The summed E-state index contributed by atoms with van der Waals surface area (Å²) in [5.41, 5.74) is 0.384. The van der Waals surface area contributed by atoms with Crippen LogP contribution in [0.4, 0.5) is 4.39 Å². The summed E-state index contributed by atoms with van der Waals surface area (Å²) in [6.07, 6.45) is 3.77. The predicted molar refractivity (Wildman–Crippen MR) is 102 cm³/mol. The van der Waals surface area contributed by atoms with Crippen molar-refractivity contribution in [1.29, 1.82) is 0 Å². The molecular weight excluding hydrogens is 347 g/mol. The van der Waals surface area contributed by atoms with E-state index < -0.39 is 6.04 Å². The molecule has 0 spiro atoms. The normalized spacial score (nSPS) is 19.7. The minimum absolute atomic E-state index is 0.0504. The van der Waals surface area contributed by atoms with E-state index in [9.17, 15) is 14.0 Å². The van der Waals surface area contributed by atoms with Gasteiger partial charge in [0.15, 0.2) is 0 Å². The quantitative estimate of drug-likeness (QED) is 0.753. The molecule has 0 aromatic heterocycles. The van der Waals surface area contributed by atoms with Gasteiger partial charge >= 0.3 is 0 Å². The molecule has 1 saturated carbocycles. The van der Waals surface area contributed by atoms with E-state index in [0.29, 0.717) is 18.2 Å². The van der Waals surface area contributed by atoms with Crippen molar-refractivity contribution in [3.05, 3.63) is 35.6 Å². The lowest BCUT2D eigenvalue weighted by atomic mass is 10.0. The minimum atomic E-state index is -0.659. The molecule has 1 aliphatic heterocycles. The fourth-order valence-corrected chi connectivity index (χ4v) is 3.57. The van der Waals surface area contributed by atoms with Crippen LogP contribution < -0.4 is 10.6 Å². The molecule has 7 heteroatoms. The van der Waals surface area contributed by atoms with Crippen LogP contribution in [0.3, 0.4) is 0 Å². The number of nitrogens with one attached hydrogen (secondary N) is 2. The molecule has 1 unspecified atom stereocenters. The van der Waals surface area contributed by atoms with Gasteiger partial charge in [-0.15, -0.1) is 0 Å². The number of nitrogens with zero attached hydrogens (tertiary/aromatic N) is 2. The molecule has 27 heavy (non-hydrogen) atoms. The lowest BCUT2D eigenvalue weighted by Gasteiger charge is -2.33. The number of carbonyl (C=O) groups is 2. The van der Waals surface area contributed by atoms with E-state index in [0.717, 1.165) is 38.8 Å². The highest BCUT2D eigenvalue weighted by molar-refractivity contribution is 5.83. The van der Waals surface area contributed by atoms with Gasteiger partial charge in [0.1, 0.15) is 11.9 Å². The third-order valence-electron chi connectivity index (χ3n) is 5.21. The molecule has 1 saturated heterocycles. The van der Waals surface area contributed by atoms with Crippen LogP contribution in [0.2, 0.25) is 0 Å². The Morgan fingerprint density at radius 1 is 1.11 bits per heavy atom. The van der Waals surface area contributed by atoms with Gasteiger partial charge in [-0.05, 0) is 45.8 Å². The molecule has 1 aliphatic carbocycles. The zero-order chi connectivity index (χ0) is 19.4. The smallest absolute Gasteiger partial charge is 0.242 e. The van der Waals surface area contributed by atoms with Crippen LogP contribution >= 0.6 is 0 Å². The van der Waals surface area contributed by atoms with Crippen LogP contribution in [0.25, 0.3) is 0 Å². The van der Waals surface area contributed by atoms with Gasteiger partial charge in [0.05, 0.1) is 6.54 Å². The van der Waals surface area contributed by atoms with E-state index in [2.05, 4.69) is 15.5 Å². The van der Waals surface area contributed by atoms with E-state index in [-0.39, 0.29) is 23.7 Å². The van der Waals surface area contributed by atoms with E-state index in [4.69, 9.17) is 0 Å². The SMILES string of the molecule is CN(C)C(C(=O)NC1CCN(CC(=O)NC2CC2)CC1)c1ccccc1F. The van der Waals surface area contributed by atoms with Crippen LogP contribution in [0, 0.1) is 5.82 Å². The van der Waals surface area contributed by atoms with Crippen molar-refractivity contribution >= 4 is 11.8 Å². The molecule has 2 N–H and O–H groups in total. The molecule has 6 nitrogen and oxygen atoms in total. The number of likely N-dealkylation sites (tertiary alicyclic amines) is 1. The molecule has 2 amide bonds. The maximum absolute atomic E-state index is 14.2. The molecule has 2 fully saturated rings. The largest absolute Gasteiger partial charge is 0.352 e. The van der Waals surface area contributed by atoms with Crippen molar-refractivity contribution < 1.29 is 14.0 Å². The van der Waals surface area contributed by atoms with Gasteiger partial charge in [-0.3, -0.25) is 19.4 Å². The van der Waals surface area contributed by atoms with E-state index in [1.165, 1.54) is 6.07 Å². The Bertz CT molecular complexity index is 670. The van der Waals surface area contributed by atoms with Gasteiger partial charge < -0.3 is 10.6 Å². The first kappa shape index (κ1) is 19.8. The molecule has 3 rings (SSSR count). The monoisotopic (exact) mass is 376 g/mol. The molecular formula is C20H29FN4O2. The summed E-state index contributed by atoms with van der Waals surface area (Å²) in [7, 11) is 3.55. The zero-order valence-electron chi connectivity index (χ0n) is 16.1. The Balaban J connectivity index is 1.50. The highest BCUT2D eigenvalue weighted by Gasteiger charge is 2.30. The summed E-state index contributed by atoms with van der Waals surface area (Å²) in [4.78, 5) is 28.6. The Morgan fingerprint density at radius 2 is 1.74 bits per heavy atom. The Hall–Kier alpha value is -1.99. The van der Waals surface area contributed by atoms with Crippen LogP contribution in [0.1, 0.15) is 37.3 Å². The van der Waals surface area contributed by atoms with Gasteiger partial charge in [0.25, 0.3) is 0 Å². The molecule has 0 bridgehead atoms. The van der Waals surface area contributed by atoms with Gasteiger partial charge in [-0.2, -0.15) is 0 Å². The van der Waals surface area contributed by atoms with E-state index >= 15 is 0 Å². The molecule has 1 aromatic carbocycles. The lowest BCUT2D eigenvalue weighted by molar-refractivity contribution is -0.127. The average Bonchev–Trinajstić information content (AvgIpc) is 3.42. The van der Waals surface area contributed by atoms with E-state index in [1.807, 2.05) is 0 Å². The van der Waals surface area contributed by atoms with Gasteiger partial charge in [0.2, 0.25) is 11.8 Å². The van der Waals surface area contributed by atoms with Crippen LogP contribution in [0.15, 0.2) is 24.3 Å². The average molecular weight is 376 g/mol. The fourth-order valence-electron chi connectivity index (χ4n) is 3.57. The first-order chi connectivity index (χ1) is 12.9. The zero-order valence-corrected chi connectivity index (χ0v) is 16.1. The summed E-state index contributed by atoms with van der Waals surface area (Å²) < 4.78 is 14.2. The maximum Gasteiger partial charge on any atom is 0.242 e. The number of likely N-dealkylation sites (N-methyl/N-ethyl adjacent to an activating group) is 1. The number of halogens is 1. The Kier molecular flexibility index (Phi) is 6.44. The number of hydrogen-bond acceptors (Lipinski definition) is 4. The molecule has 148 valence electrons. The minimum Gasteiger partial charge on any atom is -0.352 e. The summed E-state index contributed by atoms with van der Waals surface area (Å²) >= 11 is 0. The highest BCUT2D eigenvalue weighted by Crippen LogP contribution is 2.22. The molecule has 1 heterocycles. The number of amides is 2.